The van der Waals surface area contributed by atoms with Gasteiger partial charge < -0.3 is 4.90 Å². The predicted octanol–water partition coefficient (Wildman–Crippen LogP) is 0.680. The van der Waals surface area contributed by atoms with E-state index in [0.29, 0.717) is 18.2 Å². The van der Waals surface area contributed by atoms with Gasteiger partial charge in [-0.05, 0) is 45.8 Å². The molecule has 1 aliphatic rings. The molecule has 1 aromatic heterocycles. The molecule has 19 heavy (non-hydrogen) atoms. The Balaban J connectivity index is 2.03. The van der Waals surface area contributed by atoms with Gasteiger partial charge in [-0.15, -0.1) is 0 Å². The number of aromatic amines is 1. The smallest absolute Gasteiger partial charge is 0.246 e. The molecule has 1 N–H and O–H groups in total. The molecule has 0 spiro atoms. The SMILES string of the molecule is Cc1[nH]ncc1S(=O)(=O)N(C)CC1CCN(C)CC1. The third-order valence-electron chi connectivity index (χ3n) is 3.83. The van der Waals surface area contributed by atoms with Crippen molar-refractivity contribution in [3.63, 3.8) is 0 Å². The van der Waals surface area contributed by atoms with Gasteiger partial charge in [0.25, 0.3) is 0 Å². The summed E-state index contributed by atoms with van der Waals surface area (Å²) in [6, 6.07) is 0. The Labute approximate surface area is 114 Å². The normalized spacial score (nSPS) is 19.2. The van der Waals surface area contributed by atoms with Crippen LogP contribution >= 0.6 is 0 Å². The number of hydrogen-bond donors (Lipinski definition) is 1. The van der Waals surface area contributed by atoms with Gasteiger partial charge in [0.15, 0.2) is 0 Å². The van der Waals surface area contributed by atoms with Gasteiger partial charge in [-0.1, -0.05) is 0 Å². The molecule has 0 aromatic carbocycles. The number of piperidine rings is 1. The Kier molecular flexibility index (Phi) is 4.27. The summed E-state index contributed by atoms with van der Waals surface area (Å²) in [5, 5.41) is 6.47. The monoisotopic (exact) mass is 286 g/mol. The van der Waals surface area contributed by atoms with Crippen molar-refractivity contribution in [1.29, 1.82) is 0 Å². The number of rotatable bonds is 4. The summed E-state index contributed by atoms with van der Waals surface area (Å²) in [6.07, 6.45) is 3.50. The fourth-order valence-electron chi connectivity index (χ4n) is 2.47. The summed E-state index contributed by atoms with van der Waals surface area (Å²) >= 11 is 0. The molecule has 0 aliphatic carbocycles. The van der Waals surface area contributed by atoms with E-state index in [1.54, 1.807) is 14.0 Å². The first-order valence-electron chi connectivity index (χ1n) is 6.56. The summed E-state index contributed by atoms with van der Waals surface area (Å²) in [5.74, 6) is 0.447. The van der Waals surface area contributed by atoms with E-state index in [4.69, 9.17) is 0 Å². The molecule has 1 saturated heterocycles. The van der Waals surface area contributed by atoms with E-state index in [0.717, 1.165) is 25.9 Å². The maximum absolute atomic E-state index is 12.4. The summed E-state index contributed by atoms with van der Waals surface area (Å²) in [7, 11) is 0.342. The largest absolute Gasteiger partial charge is 0.306 e. The first-order valence-corrected chi connectivity index (χ1v) is 8.00. The number of nitrogens with one attached hydrogen (secondary N) is 1. The average Bonchev–Trinajstić information content (AvgIpc) is 2.79. The summed E-state index contributed by atoms with van der Waals surface area (Å²) in [6.45, 7) is 4.40. The first-order chi connectivity index (χ1) is 8.91. The van der Waals surface area contributed by atoms with Crippen LogP contribution in [0, 0.1) is 12.8 Å². The Morgan fingerprint density at radius 1 is 1.47 bits per heavy atom. The standard InChI is InChI=1S/C12H22N4O2S/c1-10-12(8-13-14-10)19(17,18)16(3)9-11-4-6-15(2)7-5-11/h8,11H,4-7,9H2,1-3H3,(H,13,14). The van der Waals surface area contributed by atoms with Crippen LogP contribution in [0.2, 0.25) is 0 Å². The average molecular weight is 286 g/mol. The minimum absolute atomic E-state index is 0.280. The van der Waals surface area contributed by atoms with E-state index >= 15 is 0 Å². The van der Waals surface area contributed by atoms with E-state index in [1.165, 1.54) is 10.5 Å². The van der Waals surface area contributed by atoms with Crippen LogP contribution in [0.25, 0.3) is 0 Å². The Bertz CT molecular complexity index is 518. The van der Waals surface area contributed by atoms with Crippen LogP contribution < -0.4 is 0 Å². The molecule has 0 amide bonds. The van der Waals surface area contributed by atoms with Gasteiger partial charge >= 0.3 is 0 Å². The van der Waals surface area contributed by atoms with E-state index in [1.807, 2.05) is 0 Å². The van der Waals surface area contributed by atoms with Crippen molar-refractivity contribution in [2.75, 3.05) is 33.7 Å². The number of sulfonamides is 1. The first kappa shape index (κ1) is 14.5. The van der Waals surface area contributed by atoms with Gasteiger partial charge in [0.2, 0.25) is 10.0 Å². The van der Waals surface area contributed by atoms with Crippen LogP contribution in [0.3, 0.4) is 0 Å². The van der Waals surface area contributed by atoms with Crippen LogP contribution in [0.5, 0.6) is 0 Å². The molecule has 2 rings (SSSR count). The second-order valence-corrected chi connectivity index (χ2v) is 7.40. The van der Waals surface area contributed by atoms with Crippen molar-refractivity contribution in [2.45, 2.75) is 24.7 Å². The molecule has 1 aromatic rings. The number of likely N-dealkylation sites (tertiary alicyclic amines) is 1. The fraction of sp³-hybridized carbons (Fsp3) is 0.750. The zero-order valence-electron chi connectivity index (χ0n) is 11.8. The van der Waals surface area contributed by atoms with Crippen LogP contribution in [0.15, 0.2) is 11.1 Å². The maximum atomic E-state index is 12.4. The van der Waals surface area contributed by atoms with E-state index in [2.05, 4.69) is 22.1 Å². The highest BCUT2D eigenvalue weighted by Crippen LogP contribution is 2.21. The zero-order chi connectivity index (χ0) is 14.0. The molecule has 2 heterocycles. The summed E-state index contributed by atoms with van der Waals surface area (Å²) in [4.78, 5) is 2.56. The van der Waals surface area contributed by atoms with Crippen molar-refractivity contribution in [1.82, 2.24) is 19.4 Å². The maximum Gasteiger partial charge on any atom is 0.246 e. The van der Waals surface area contributed by atoms with E-state index in [9.17, 15) is 8.42 Å². The molecule has 6 nitrogen and oxygen atoms in total. The fourth-order valence-corrected chi connectivity index (χ4v) is 3.84. The van der Waals surface area contributed by atoms with Gasteiger partial charge in [0, 0.05) is 13.6 Å². The topological polar surface area (TPSA) is 69.3 Å². The second kappa shape index (κ2) is 5.60. The number of H-pyrrole nitrogens is 1. The Morgan fingerprint density at radius 3 is 2.63 bits per heavy atom. The van der Waals surface area contributed by atoms with Crippen molar-refractivity contribution in [3.05, 3.63) is 11.9 Å². The molecule has 0 saturated carbocycles. The molecule has 0 atom stereocenters. The second-order valence-electron chi connectivity index (χ2n) is 5.39. The summed E-state index contributed by atoms with van der Waals surface area (Å²) < 4.78 is 26.3. The molecular formula is C12H22N4O2S. The van der Waals surface area contributed by atoms with Gasteiger partial charge in [-0.25, -0.2) is 12.7 Å². The van der Waals surface area contributed by atoms with Gasteiger partial charge in [-0.3, -0.25) is 5.10 Å². The molecule has 0 unspecified atom stereocenters. The Morgan fingerprint density at radius 2 is 2.11 bits per heavy atom. The van der Waals surface area contributed by atoms with Crippen molar-refractivity contribution >= 4 is 10.0 Å². The van der Waals surface area contributed by atoms with Gasteiger partial charge in [0.05, 0.1) is 11.9 Å². The van der Waals surface area contributed by atoms with Crippen molar-refractivity contribution in [2.24, 2.45) is 5.92 Å². The molecule has 0 radical (unpaired) electrons. The Hall–Kier alpha value is -0.920. The predicted molar refractivity (Wildman–Crippen MR) is 73.4 cm³/mol. The van der Waals surface area contributed by atoms with Crippen molar-refractivity contribution < 1.29 is 8.42 Å². The number of nitrogens with zero attached hydrogens (tertiary/aromatic N) is 3. The van der Waals surface area contributed by atoms with Crippen LogP contribution in [0.1, 0.15) is 18.5 Å². The minimum atomic E-state index is -3.41. The summed E-state index contributed by atoms with van der Waals surface area (Å²) in [5.41, 5.74) is 0.593. The quantitative estimate of drug-likeness (QED) is 0.884. The molecule has 108 valence electrons. The van der Waals surface area contributed by atoms with Crippen LogP contribution in [-0.2, 0) is 10.0 Å². The van der Waals surface area contributed by atoms with E-state index < -0.39 is 10.0 Å². The lowest BCUT2D eigenvalue weighted by Crippen LogP contribution is -2.38. The number of aromatic nitrogens is 2. The highest BCUT2D eigenvalue weighted by Gasteiger charge is 2.27. The van der Waals surface area contributed by atoms with Crippen LogP contribution in [-0.4, -0.2) is 61.5 Å². The van der Waals surface area contributed by atoms with Crippen molar-refractivity contribution in [3.8, 4) is 0 Å². The third-order valence-corrected chi connectivity index (χ3v) is 5.76. The molecule has 0 bridgehead atoms. The molecule has 1 fully saturated rings. The zero-order valence-corrected chi connectivity index (χ0v) is 12.6. The highest BCUT2D eigenvalue weighted by molar-refractivity contribution is 7.89. The number of aryl methyl sites for hydroxylation is 1. The van der Waals surface area contributed by atoms with Gasteiger partial charge in [0.1, 0.15) is 4.90 Å². The molecule has 1 aliphatic heterocycles. The number of hydrogen-bond acceptors (Lipinski definition) is 4. The lowest BCUT2D eigenvalue weighted by molar-refractivity contribution is 0.202. The minimum Gasteiger partial charge on any atom is -0.306 e. The molecular weight excluding hydrogens is 264 g/mol. The lowest BCUT2D eigenvalue weighted by atomic mass is 9.97. The third kappa shape index (κ3) is 3.16. The highest BCUT2D eigenvalue weighted by atomic mass is 32.2. The van der Waals surface area contributed by atoms with E-state index in [-0.39, 0.29) is 4.90 Å². The van der Waals surface area contributed by atoms with Crippen LogP contribution in [0.4, 0.5) is 0 Å². The molecule has 7 heteroatoms. The lowest BCUT2D eigenvalue weighted by Gasteiger charge is -2.31. The van der Waals surface area contributed by atoms with Gasteiger partial charge in [-0.2, -0.15) is 5.10 Å².